The Labute approximate surface area is 201 Å². The van der Waals surface area contributed by atoms with Gasteiger partial charge in [-0.05, 0) is 53.0 Å². The molecule has 1 unspecified atom stereocenters. The largest absolute Gasteiger partial charge is 0.497 e. The van der Waals surface area contributed by atoms with Crippen LogP contribution in [0.4, 0.5) is 5.69 Å². The normalized spacial score (nSPS) is 11.9. The first-order valence-electron chi connectivity index (χ1n) is 10.3. The number of methoxy groups -OCH3 is 1. The summed E-state index contributed by atoms with van der Waals surface area (Å²) < 4.78 is 14.2. The molecule has 0 aliphatic heterocycles. The standard InChI is InChI=1S/C23H27BrN4O3S/c1-15(2)13-28-22(16(3)31-18-9-7-8-17(12-18)30-4)26-27-23(28)32-14-21(29)25-20-11-6-5-10-19(20)24/h5-12,15-16H,13-14H2,1-4H3,(H,25,29). The van der Waals surface area contributed by atoms with E-state index in [2.05, 4.69) is 45.3 Å². The first-order chi connectivity index (χ1) is 15.4. The molecule has 0 saturated carbocycles. The number of thioether (sulfide) groups is 1. The fourth-order valence-electron chi connectivity index (χ4n) is 3.05. The van der Waals surface area contributed by atoms with E-state index in [4.69, 9.17) is 9.47 Å². The third kappa shape index (κ3) is 6.49. The molecule has 9 heteroatoms. The molecule has 0 radical (unpaired) electrons. The van der Waals surface area contributed by atoms with E-state index in [1.54, 1.807) is 7.11 Å². The summed E-state index contributed by atoms with van der Waals surface area (Å²) in [6, 6.07) is 15.0. The Morgan fingerprint density at radius 2 is 1.88 bits per heavy atom. The molecule has 32 heavy (non-hydrogen) atoms. The van der Waals surface area contributed by atoms with Crippen LogP contribution in [0.2, 0.25) is 0 Å². The number of hydrogen-bond donors (Lipinski definition) is 1. The van der Waals surface area contributed by atoms with Crippen molar-refractivity contribution in [2.75, 3.05) is 18.2 Å². The van der Waals surface area contributed by atoms with Gasteiger partial charge in [0.2, 0.25) is 5.91 Å². The minimum atomic E-state index is -0.322. The van der Waals surface area contributed by atoms with Gasteiger partial charge in [0.1, 0.15) is 11.5 Å². The van der Waals surface area contributed by atoms with Crippen LogP contribution in [-0.4, -0.2) is 33.5 Å². The Kier molecular flexibility index (Phi) is 8.58. The first-order valence-corrected chi connectivity index (χ1v) is 12.1. The lowest BCUT2D eigenvalue weighted by Crippen LogP contribution is -2.17. The maximum Gasteiger partial charge on any atom is 0.234 e. The van der Waals surface area contributed by atoms with E-state index < -0.39 is 0 Å². The zero-order chi connectivity index (χ0) is 23.1. The Hall–Kier alpha value is -2.52. The van der Waals surface area contributed by atoms with E-state index in [9.17, 15) is 4.79 Å². The Morgan fingerprint density at radius 3 is 2.59 bits per heavy atom. The number of rotatable bonds is 10. The highest BCUT2D eigenvalue weighted by Gasteiger charge is 2.21. The predicted octanol–water partition coefficient (Wildman–Crippen LogP) is 5.58. The number of amides is 1. The molecule has 0 bridgehead atoms. The van der Waals surface area contributed by atoms with E-state index in [0.717, 1.165) is 28.3 Å². The second-order valence-corrected chi connectivity index (χ2v) is 9.40. The number of para-hydroxylation sites is 1. The van der Waals surface area contributed by atoms with Crippen LogP contribution in [0, 0.1) is 5.92 Å². The van der Waals surface area contributed by atoms with Crippen LogP contribution in [0.25, 0.3) is 0 Å². The molecule has 1 atom stereocenters. The second-order valence-electron chi connectivity index (χ2n) is 7.60. The van der Waals surface area contributed by atoms with Gasteiger partial charge in [0.05, 0.1) is 18.6 Å². The molecule has 1 N–H and O–H groups in total. The summed E-state index contributed by atoms with van der Waals surface area (Å²) >= 11 is 4.80. The third-order valence-electron chi connectivity index (χ3n) is 4.49. The molecular formula is C23H27BrN4O3S. The van der Waals surface area contributed by atoms with E-state index >= 15 is 0 Å². The molecule has 7 nitrogen and oxygen atoms in total. The molecule has 1 aromatic heterocycles. The Bertz CT molecular complexity index is 1060. The Balaban J connectivity index is 1.71. The second kappa shape index (κ2) is 11.4. The van der Waals surface area contributed by atoms with Crippen LogP contribution in [0.3, 0.4) is 0 Å². The number of nitrogens with one attached hydrogen (secondary N) is 1. The van der Waals surface area contributed by atoms with Crippen molar-refractivity contribution in [3.63, 3.8) is 0 Å². The van der Waals surface area contributed by atoms with E-state index in [-0.39, 0.29) is 17.8 Å². The lowest BCUT2D eigenvalue weighted by molar-refractivity contribution is -0.113. The smallest absolute Gasteiger partial charge is 0.234 e. The number of ether oxygens (including phenoxy) is 2. The van der Waals surface area contributed by atoms with Crippen LogP contribution >= 0.6 is 27.7 Å². The van der Waals surface area contributed by atoms with Crippen molar-refractivity contribution in [1.29, 1.82) is 0 Å². The zero-order valence-electron chi connectivity index (χ0n) is 18.5. The van der Waals surface area contributed by atoms with E-state index in [1.807, 2.05) is 60.0 Å². The minimum absolute atomic E-state index is 0.108. The lowest BCUT2D eigenvalue weighted by atomic mass is 10.2. The summed E-state index contributed by atoms with van der Waals surface area (Å²) in [6.07, 6.45) is -0.322. The maximum absolute atomic E-state index is 12.5. The number of benzene rings is 2. The number of hydrogen-bond acceptors (Lipinski definition) is 6. The van der Waals surface area contributed by atoms with Gasteiger partial charge in [-0.1, -0.05) is 43.8 Å². The van der Waals surface area contributed by atoms with Crippen LogP contribution in [0.15, 0.2) is 58.2 Å². The number of halogens is 1. The summed E-state index contributed by atoms with van der Waals surface area (Å²) in [5.41, 5.74) is 0.739. The van der Waals surface area contributed by atoms with Gasteiger partial charge >= 0.3 is 0 Å². The van der Waals surface area contributed by atoms with Gasteiger partial charge in [-0.15, -0.1) is 10.2 Å². The molecule has 0 aliphatic carbocycles. The number of anilines is 1. The highest BCUT2D eigenvalue weighted by molar-refractivity contribution is 9.10. The summed E-state index contributed by atoms with van der Waals surface area (Å²) in [5.74, 6) is 2.63. The molecule has 170 valence electrons. The van der Waals surface area contributed by atoms with Gasteiger partial charge in [0, 0.05) is 17.1 Å². The molecular weight excluding hydrogens is 492 g/mol. The molecule has 2 aromatic carbocycles. The average Bonchev–Trinajstić information content (AvgIpc) is 3.16. The minimum Gasteiger partial charge on any atom is -0.497 e. The fraction of sp³-hybridized carbons (Fsp3) is 0.348. The van der Waals surface area contributed by atoms with Gasteiger partial charge in [-0.2, -0.15) is 0 Å². The van der Waals surface area contributed by atoms with Crippen molar-refractivity contribution in [2.24, 2.45) is 5.92 Å². The van der Waals surface area contributed by atoms with Crippen molar-refractivity contribution in [1.82, 2.24) is 14.8 Å². The molecule has 3 aromatic rings. The number of carbonyl (C=O) groups is 1. The highest BCUT2D eigenvalue weighted by atomic mass is 79.9. The molecule has 0 saturated heterocycles. The molecule has 0 aliphatic rings. The highest BCUT2D eigenvalue weighted by Crippen LogP contribution is 2.28. The lowest BCUT2D eigenvalue weighted by Gasteiger charge is -2.18. The van der Waals surface area contributed by atoms with Crippen molar-refractivity contribution < 1.29 is 14.3 Å². The van der Waals surface area contributed by atoms with E-state index in [1.165, 1.54) is 11.8 Å². The monoisotopic (exact) mass is 518 g/mol. The summed E-state index contributed by atoms with van der Waals surface area (Å²) in [6.45, 7) is 6.92. The molecule has 3 rings (SSSR count). The number of aromatic nitrogens is 3. The quantitative estimate of drug-likeness (QED) is 0.353. The van der Waals surface area contributed by atoms with Crippen molar-refractivity contribution >= 4 is 39.3 Å². The predicted molar refractivity (Wildman–Crippen MR) is 130 cm³/mol. The molecule has 0 fully saturated rings. The van der Waals surface area contributed by atoms with E-state index in [0.29, 0.717) is 16.8 Å². The van der Waals surface area contributed by atoms with Crippen molar-refractivity contribution in [3.05, 3.63) is 58.8 Å². The number of carbonyl (C=O) groups excluding carboxylic acids is 1. The van der Waals surface area contributed by atoms with Gasteiger partial charge in [0.25, 0.3) is 0 Å². The summed E-state index contributed by atoms with van der Waals surface area (Å²) in [4.78, 5) is 12.5. The summed E-state index contributed by atoms with van der Waals surface area (Å²) in [7, 11) is 1.62. The fourth-order valence-corrected chi connectivity index (χ4v) is 4.19. The van der Waals surface area contributed by atoms with Crippen molar-refractivity contribution in [3.8, 4) is 11.5 Å². The van der Waals surface area contributed by atoms with Crippen LogP contribution in [0.5, 0.6) is 11.5 Å². The molecule has 1 heterocycles. The van der Waals surface area contributed by atoms with Crippen LogP contribution in [0.1, 0.15) is 32.7 Å². The van der Waals surface area contributed by atoms with Gasteiger partial charge < -0.3 is 19.4 Å². The maximum atomic E-state index is 12.5. The van der Waals surface area contributed by atoms with Crippen LogP contribution < -0.4 is 14.8 Å². The zero-order valence-corrected chi connectivity index (χ0v) is 20.9. The first kappa shape index (κ1) is 24.1. The van der Waals surface area contributed by atoms with Crippen molar-refractivity contribution in [2.45, 2.75) is 38.6 Å². The SMILES string of the molecule is COc1cccc(OC(C)c2nnc(SCC(=O)Nc3ccccc3Br)n2CC(C)C)c1. The molecule has 0 spiro atoms. The van der Waals surface area contributed by atoms with Gasteiger partial charge in [-0.25, -0.2) is 0 Å². The average molecular weight is 519 g/mol. The van der Waals surface area contributed by atoms with Gasteiger partial charge in [-0.3, -0.25) is 4.79 Å². The molecule has 1 amide bonds. The number of nitrogens with zero attached hydrogens (tertiary/aromatic N) is 3. The third-order valence-corrected chi connectivity index (χ3v) is 6.15. The van der Waals surface area contributed by atoms with Gasteiger partial charge in [0.15, 0.2) is 17.1 Å². The summed E-state index contributed by atoms with van der Waals surface area (Å²) in [5, 5.41) is 12.3. The van der Waals surface area contributed by atoms with Crippen LogP contribution in [-0.2, 0) is 11.3 Å². The topological polar surface area (TPSA) is 78.3 Å². The Morgan fingerprint density at radius 1 is 1.12 bits per heavy atom.